The number of ether oxygens (including phenoxy) is 3. The van der Waals surface area contributed by atoms with Crippen molar-refractivity contribution in [2.45, 2.75) is 284 Å². The van der Waals surface area contributed by atoms with Gasteiger partial charge in [0.1, 0.15) is 6.61 Å². The van der Waals surface area contributed by atoms with E-state index in [1.807, 2.05) is 0 Å². The normalized spacial score (nSPS) is 12.5. The molecule has 1 unspecified atom stereocenters. The molecule has 0 aromatic carbocycles. The number of hydrogen-bond donors (Lipinski definition) is 0. The highest BCUT2D eigenvalue weighted by Crippen LogP contribution is 2.16. The van der Waals surface area contributed by atoms with Crippen LogP contribution in [0.5, 0.6) is 0 Å². The lowest BCUT2D eigenvalue weighted by Crippen LogP contribution is -2.30. The first-order valence-electron chi connectivity index (χ1n) is 27.2. The molecule has 0 bridgehead atoms. The Morgan fingerprint density at radius 1 is 0.371 bits per heavy atom. The molecule has 1 atom stereocenters. The predicted octanol–water partition coefficient (Wildman–Crippen LogP) is 18.3. The van der Waals surface area contributed by atoms with Gasteiger partial charge in [0, 0.05) is 19.4 Å². The molecule has 0 heterocycles. The molecule has 0 saturated heterocycles. The fraction of sp³-hybridized carbons (Fsp3) is 0.825. The maximum absolute atomic E-state index is 12.8. The first-order chi connectivity index (χ1) is 30.6. The minimum atomic E-state index is -0.545. The average Bonchev–Trinajstić information content (AvgIpc) is 3.27. The third kappa shape index (κ3) is 50.5. The number of rotatable bonds is 50. The van der Waals surface area contributed by atoms with Gasteiger partial charge in [0.15, 0.2) is 6.10 Å². The van der Waals surface area contributed by atoms with Gasteiger partial charge in [-0.05, 0) is 77.0 Å². The van der Waals surface area contributed by atoms with Gasteiger partial charge < -0.3 is 14.2 Å². The fourth-order valence-electron chi connectivity index (χ4n) is 7.81. The zero-order chi connectivity index (χ0) is 44.9. The molecule has 0 N–H and O–H groups in total. The highest BCUT2D eigenvalue weighted by Gasteiger charge is 2.17. The van der Waals surface area contributed by atoms with E-state index in [1.165, 1.54) is 173 Å². The molecule has 0 fully saturated rings. The van der Waals surface area contributed by atoms with Gasteiger partial charge in [0.25, 0.3) is 0 Å². The van der Waals surface area contributed by atoms with Crippen molar-refractivity contribution < 1.29 is 23.8 Å². The van der Waals surface area contributed by atoms with Gasteiger partial charge in [-0.25, -0.2) is 0 Å². The summed E-state index contributed by atoms with van der Waals surface area (Å²) in [7, 11) is 0. The molecular formula is C57H104O5. The molecule has 0 amide bonds. The van der Waals surface area contributed by atoms with Crippen LogP contribution in [0, 0.1) is 0 Å². The second kappa shape index (κ2) is 53.2. The SMILES string of the molecule is CC/C=C\C/C=C\C/C=C\CCCCCCCC(=O)OC(COCCCCCCCC/C=C\CCCCCC)COC(=O)CCCCCCCCCCCCCCCCCCC. The summed E-state index contributed by atoms with van der Waals surface area (Å²) in [6.07, 6.45) is 65.5. The van der Waals surface area contributed by atoms with Crippen molar-refractivity contribution in [2.75, 3.05) is 19.8 Å². The van der Waals surface area contributed by atoms with Gasteiger partial charge in [-0.15, -0.1) is 0 Å². The van der Waals surface area contributed by atoms with Crippen LogP contribution >= 0.6 is 0 Å². The van der Waals surface area contributed by atoms with E-state index in [9.17, 15) is 9.59 Å². The van der Waals surface area contributed by atoms with Gasteiger partial charge in [-0.3, -0.25) is 9.59 Å². The summed E-state index contributed by atoms with van der Waals surface area (Å²) < 4.78 is 17.4. The lowest BCUT2D eigenvalue weighted by Gasteiger charge is -2.18. The van der Waals surface area contributed by atoms with Crippen molar-refractivity contribution >= 4 is 11.9 Å². The van der Waals surface area contributed by atoms with E-state index in [2.05, 4.69) is 69.4 Å². The maximum atomic E-state index is 12.8. The zero-order valence-corrected chi connectivity index (χ0v) is 41.6. The fourth-order valence-corrected chi connectivity index (χ4v) is 7.81. The summed E-state index contributed by atoms with van der Waals surface area (Å²) in [4.78, 5) is 25.4. The smallest absolute Gasteiger partial charge is 0.306 e. The van der Waals surface area contributed by atoms with Gasteiger partial charge in [-0.2, -0.15) is 0 Å². The topological polar surface area (TPSA) is 61.8 Å². The van der Waals surface area contributed by atoms with E-state index >= 15 is 0 Å². The van der Waals surface area contributed by atoms with E-state index in [0.29, 0.717) is 19.4 Å². The molecule has 0 aromatic heterocycles. The van der Waals surface area contributed by atoms with Crippen molar-refractivity contribution in [3.63, 3.8) is 0 Å². The van der Waals surface area contributed by atoms with Crippen molar-refractivity contribution in [3.05, 3.63) is 48.6 Å². The Morgan fingerprint density at radius 3 is 1.19 bits per heavy atom. The summed E-state index contributed by atoms with van der Waals surface area (Å²) >= 11 is 0. The van der Waals surface area contributed by atoms with Gasteiger partial charge in [-0.1, -0.05) is 236 Å². The molecule has 0 aliphatic carbocycles. The Bertz CT molecular complexity index is 1030. The molecule has 0 aromatic rings. The second-order valence-corrected chi connectivity index (χ2v) is 18.1. The Hall–Kier alpha value is -2.14. The van der Waals surface area contributed by atoms with Crippen LogP contribution in [0.1, 0.15) is 278 Å². The van der Waals surface area contributed by atoms with Crippen molar-refractivity contribution in [1.82, 2.24) is 0 Å². The van der Waals surface area contributed by atoms with Crippen LogP contribution in [-0.2, 0) is 23.8 Å². The molecule has 62 heavy (non-hydrogen) atoms. The predicted molar refractivity (Wildman–Crippen MR) is 270 cm³/mol. The number of carbonyl (C=O) groups excluding carboxylic acids is 2. The molecular weight excluding hydrogens is 765 g/mol. The van der Waals surface area contributed by atoms with E-state index in [-0.39, 0.29) is 25.2 Å². The minimum absolute atomic E-state index is 0.0793. The number of esters is 2. The summed E-state index contributed by atoms with van der Waals surface area (Å²) in [6.45, 7) is 7.72. The number of unbranched alkanes of at least 4 members (excludes halogenated alkanes) is 31. The Morgan fingerprint density at radius 2 is 0.726 bits per heavy atom. The van der Waals surface area contributed by atoms with Crippen LogP contribution < -0.4 is 0 Å². The van der Waals surface area contributed by atoms with Crippen LogP contribution in [0.25, 0.3) is 0 Å². The number of hydrogen-bond acceptors (Lipinski definition) is 5. The molecule has 0 radical (unpaired) electrons. The lowest BCUT2D eigenvalue weighted by molar-refractivity contribution is -0.163. The largest absolute Gasteiger partial charge is 0.462 e. The summed E-state index contributed by atoms with van der Waals surface area (Å²) in [5.41, 5.74) is 0. The summed E-state index contributed by atoms with van der Waals surface area (Å²) in [5.74, 6) is -0.407. The zero-order valence-electron chi connectivity index (χ0n) is 41.6. The molecule has 0 aliphatic rings. The molecule has 0 aliphatic heterocycles. The third-order valence-electron chi connectivity index (χ3n) is 11.8. The first kappa shape index (κ1) is 59.9. The summed E-state index contributed by atoms with van der Waals surface area (Å²) in [6, 6.07) is 0. The highest BCUT2D eigenvalue weighted by atomic mass is 16.6. The van der Waals surface area contributed by atoms with Crippen LogP contribution in [0.15, 0.2) is 48.6 Å². The van der Waals surface area contributed by atoms with Crippen LogP contribution in [0.4, 0.5) is 0 Å². The van der Waals surface area contributed by atoms with Crippen molar-refractivity contribution in [3.8, 4) is 0 Å². The molecule has 0 saturated carbocycles. The van der Waals surface area contributed by atoms with E-state index in [1.54, 1.807) is 0 Å². The Labute approximate surface area is 386 Å². The lowest BCUT2D eigenvalue weighted by atomic mass is 10.0. The quantitative estimate of drug-likeness (QED) is 0.0346. The van der Waals surface area contributed by atoms with E-state index < -0.39 is 6.10 Å². The molecule has 5 heteroatoms. The molecule has 0 spiro atoms. The van der Waals surface area contributed by atoms with Crippen LogP contribution in [0.2, 0.25) is 0 Å². The minimum Gasteiger partial charge on any atom is -0.462 e. The average molecular weight is 869 g/mol. The van der Waals surface area contributed by atoms with Gasteiger partial charge >= 0.3 is 11.9 Å². The third-order valence-corrected chi connectivity index (χ3v) is 11.8. The van der Waals surface area contributed by atoms with Crippen LogP contribution in [-0.4, -0.2) is 37.9 Å². The van der Waals surface area contributed by atoms with E-state index in [0.717, 1.165) is 70.6 Å². The molecule has 362 valence electrons. The van der Waals surface area contributed by atoms with Crippen molar-refractivity contribution in [1.29, 1.82) is 0 Å². The monoisotopic (exact) mass is 869 g/mol. The first-order valence-corrected chi connectivity index (χ1v) is 27.2. The van der Waals surface area contributed by atoms with Crippen molar-refractivity contribution in [2.24, 2.45) is 0 Å². The second-order valence-electron chi connectivity index (χ2n) is 18.1. The van der Waals surface area contributed by atoms with E-state index in [4.69, 9.17) is 14.2 Å². The van der Waals surface area contributed by atoms with Crippen LogP contribution in [0.3, 0.4) is 0 Å². The van der Waals surface area contributed by atoms with Gasteiger partial charge in [0.2, 0.25) is 0 Å². The Balaban J connectivity index is 4.26. The number of carbonyl (C=O) groups is 2. The summed E-state index contributed by atoms with van der Waals surface area (Å²) in [5, 5.41) is 0. The Kier molecular flexibility index (Phi) is 51.4. The van der Waals surface area contributed by atoms with Gasteiger partial charge in [0.05, 0.1) is 6.61 Å². The molecule has 0 rings (SSSR count). The highest BCUT2D eigenvalue weighted by molar-refractivity contribution is 5.70. The maximum Gasteiger partial charge on any atom is 0.306 e. The standard InChI is InChI=1S/C57H104O5/c1-4-7-10-13-16-19-22-25-28-29-31-32-35-38-41-44-47-50-56(58)61-54-55(53-60-52-49-46-43-40-37-34-27-24-21-18-15-12-9-6-3)62-57(59)51-48-45-42-39-36-33-30-26-23-20-17-14-11-8-5-2/h8,11,17,20-21,24,26,30,55H,4-7,9-10,12-16,18-19,22-23,25,27-29,31-54H2,1-3H3/b11-8-,20-17-,24-21-,30-26-. The molecule has 5 nitrogen and oxygen atoms in total. The number of allylic oxidation sites excluding steroid dienone is 8.